The molecule has 0 fully saturated rings. The van der Waals surface area contributed by atoms with Gasteiger partial charge in [-0.05, 0) is 49.4 Å². The summed E-state index contributed by atoms with van der Waals surface area (Å²) < 4.78 is 30.2. The molecule has 1 atom stereocenters. The Hall–Kier alpha value is -2.38. The zero-order valence-corrected chi connectivity index (χ0v) is 13.6. The molecule has 2 aromatic carbocycles. The summed E-state index contributed by atoms with van der Waals surface area (Å²) in [5.74, 6) is 0.125. The molecular weight excluding hydrogens is 316 g/mol. The molecule has 3 N–H and O–H groups in total. The Morgan fingerprint density at radius 2 is 1.78 bits per heavy atom. The van der Waals surface area contributed by atoms with E-state index in [4.69, 9.17) is 10.5 Å². The summed E-state index contributed by atoms with van der Waals surface area (Å²) in [5.41, 5.74) is 5.95. The number of anilines is 1. The Morgan fingerprint density at radius 3 is 2.35 bits per heavy atom. The van der Waals surface area contributed by atoms with Crippen LogP contribution in [0.5, 0.6) is 5.75 Å². The van der Waals surface area contributed by atoms with Crippen molar-refractivity contribution in [2.24, 2.45) is 5.73 Å². The lowest BCUT2D eigenvalue weighted by Crippen LogP contribution is -2.32. The van der Waals surface area contributed by atoms with E-state index in [1.165, 1.54) is 43.5 Å². The summed E-state index contributed by atoms with van der Waals surface area (Å²) in [5, 5.41) is 2.60. The van der Waals surface area contributed by atoms with Crippen molar-refractivity contribution < 1.29 is 17.9 Å². The number of carbonyl (C=O) groups is 1. The van der Waals surface area contributed by atoms with E-state index in [0.717, 1.165) is 0 Å². The molecule has 6 nitrogen and oxygen atoms in total. The minimum atomic E-state index is -3.65. The maximum absolute atomic E-state index is 12.6. The van der Waals surface area contributed by atoms with Gasteiger partial charge >= 0.3 is 0 Å². The normalized spacial score (nSPS) is 12.5. The maximum atomic E-state index is 12.6. The first-order valence-electron chi connectivity index (χ1n) is 6.90. The molecule has 0 aliphatic carbocycles. The maximum Gasteiger partial charge on any atom is 0.240 e. The Balaban J connectivity index is 2.28. The zero-order chi connectivity index (χ0) is 17.0. The summed E-state index contributed by atoms with van der Waals surface area (Å²) in [6.45, 7) is 1.57. The summed E-state index contributed by atoms with van der Waals surface area (Å²) in [7, 11) is -2.18. The van der Waals surface area contributed by atoms with Crippen molar-refractivity contribution in [3.05, 3.63) is 48.5 Å². The number of carbonyl (C=O) groups excluding carboxylic acids is 1. The highest BCUT2D eigenvalue weighted by atomic mass is 32.2. The van der Waals surface area contributed by atoms with Gasteiger partial charge in [0, 0.05) is 5.69 Å². The molecule has 0 aromatic heterocycles. The Morgan fingerprint density at radius 1 is 1.13 bits per heavy atom. The third kappa shape index (κ3) is 3.88. The van der Waals surface area contributed by atoms with Crippen LogP contribution in [0.1, 0.15) is 6.92 Å². The number of methoxy groups -OCH3 is 1. The molecule has 0 bridgehead atoms. The molecule has 0 radical (unpaired) electrons. The first kappa shape index (κ1) is 17.0. The fraction of sp³-hybridized carbons (Fsp3) is 0.188. The molecule has 0 aliphatic heterocycles. The SMILES string of the molecule is COc1cccc(S(=O)(=O)c2ccc(NC(=O)C(C)N)cc2)c1. The minimum absolute atomic E-state index is 0.129. The summed E-state index contributed by atoms with van der Waals surface area (Å²) in [4.78, 5) is 11.8. The second-order valence-electron chi connectivity index (χ2n) is 4.98. The fourth-order valence-corrected chi connectivity index (χ4v) is 3.17. The van der Waals surface area contributed by atoms with Crippen molar-refractivity contribution in [1.29, 1.82) is 0 Å². The minimum Gasteiger partial charge on any atom is -0.497 e. The first-order valence-corrected chi connectivity index (χ1v) is 8.38. The van der Waals surface area contributed by atoms with Crippen LogP contribution in [-0.2, 0) is 14.6 Å². The number of nitrogens with one attached hydrogen (secondary N) is 1. The van der Waals surface area contributed by atoms with E-state index < -0.39 is 15.9 Å². The number of amides is 1. The van der Waals surface area contributed by atoms with Crippen molar-refractivity contribution in [2.75, 3.05) is 12.4 Å². The zero-order valence-electron chi connectivity index (χ0n) is 12.8. The standard InChI is InChI=1S/C16H18N2O4S/c1-11(17)16(19)18-12-6-8-14(9-7-12)23(20,21)15-5-3-4-13(10-15)22-2/h3-11H,17H2,1-2H3,(H,18,19). The Bertz CT molecular complexity index is 799. The van der Waals surface area contributed by atoms with Crippen LogP contribution in [0.2, 0.25) is 0 Å². The molecular formula is C16H18N2O4S. The van der Waals surface area contributed by atoms with Crippen molar-refractivity contribution >= 4 is 21.4 Å². The number of benzene rings is 2. The van der Waals surface area contributed by atoms with E-state index in [2.05, 4.69) is 5.32 Å². The van der Waals surface area contributed by atoms with Gasteiger partial charge < -0.3 is 15.8 Å². The van der Waals surface area contributed by atoms with Gasteiger partial charge in [0.1, 0.15) is 5.75 Å². The molecule has 1 unspecified atom stereocenters. The molecule has 1 amide bonds. The quantitative estimate of drug-likeness (QED) is 0.869. The fourth-order valence-electron chi connectivity index (χ4n) is 1.88. The monoisotopic (exact) mass is 334 g/mol. The lowest BCUT2D eigenvalue weighted by Gasteiger charge is -2.09. The smallest absolute Gasteiger partial charge is 0.240 e. The number of ether oxygens (including phenoxy) is 1. The number of sulfone groups is 1. The third-order valence-electron chi connectivity index (χ3n) is 3.20. The molecule has 23 heavy (non-hydrogen) atoms. The molecule has 2 rings (SSSR count). The van der Waals surface area contributed by atoms with Crippen LogP contribution in [0, 0.1) is 0 Å². The predicted molar refractivity (Wildman–Crippen MR) is 87.2 cm³/mol. The van der Waals surface area contributed by atoms with E-state index in [1.54, 1.807) is 19.1 Å². The predicted octanol–water partition coefficient (Wildman–Crippen LogP) is 1.81. The highest BCUT2D eigenvalue weighted by molar-refractivity contribution is 7.91. The molecule has 0 aliphatic rings. The third-order valence-corrected chi connectivity index (χ3v) is 4.96. The molecule has 0 spiro atoms. The molecule has 7 heteroatoms. The van der Waals surface area contributed by atoms with Gasteiger partial charge in [0.15, 0.2) is 0 Å². The first-order chi connectivity index (χ1) is 10.8. The topological polar surface area (TPSA) is 98.5 Å². The van der Waals surface area contributed by atoms with Gasteiger partial charge in [0.25, 0.3) is 0 Å². The molecule has 0 saturated carbocycles. The van der Waals surface area contributed by atoms with E-state index in [-0.39, 0.29) is 15.7 Å². The van der Waals surface area contributed by atoms with E-state index >= 15 is 0 Å². The van der Waals surface area contributed by atoms with Gasteiger partial charge in [-0.15, -0.1) is 0 Å². The van der Waals surface area contributed by atoms with E-state index in [0.29, 0.717) is 11.4 Å². The molecule has 2 aromatic rings. The average Bonchev–Trinajstić information content (AvgIpc) is 2.55. The molecule has 122 valence electrons. The highest BCUT2D eigenvalue weighted by Gasteiger charge is 2.18. The summed E-state index contributed by atoms with van der Waals surface area (Å²) in [6.07, 6.45) is 0. The van der Waals surface area contributed by atoms with Gasteiger partial charge in [-0.2, -0.15) is 0 Å². The number of hydrogen-bond donors (Lipinski definition) is 2. The van der Waals surface area contributed by atoms with Crippen LogP contribution in [0.4, 0.5) is 5.69 Å². The van der Waals surface area contributed by atoms with Crippen molar-refractivity contribution in [1.82, 2.24) is 0 Å². The van der Waals surface area contributed by atoms with Crippen LogP contribution in [0.3, 0.4) is 0 Å². The van der Waals surface area contributed by atoms with Crippen molar-refractivity contribution in [3.63, 3.8) is 0 Å². The summed E-state index contributed by atoms with van der Waals surface area (Å²) >= 11 is 0. The number of hydrogen-bond acceptors (Lipinski definition) is 5. The highest BCUT2D eigenvalue weighted by Crippen LogP contribution is 2.25. The van der Waals surface area contributed by atoms with Crippen LogP contribution >= 0.6 is 0 Å². The van der Waals surface area contributed by atoms with Crippen molar-refractivity contribution in [2.45, 2.75) is 22.8 Å². The summed E-state index contributed by atoms with van der Waals surface area (Å²) in [6, 6.07) is 11.5. The number of nitrogens with two attached hydrogens (primary N) is 1. The van der Waals surface area contributed by atoms with E-state index in [1.807, 2.05) is 0 Å². The Kier molecular flexibility index (Phi) is 5.02. The molecule has 0 heterocycles. The Labute approximate surface area is 135 Å². The largest absolute Gasteiger partial charge is 0.497 e. The van der Waals surface area contributed by atoms with Crippen LogP contribution in [-0.4, -0.2) is 27.5 Å². The van der Waals surface area contributed by atoms with Gasteiger partial charge in [-0.1, -0.05) is 6.07 Å². The van der Waals surface area contributed by atoms with Crippen molar-refractivity contribution in [3.8, 4) is 5.75 Å². The van der Waals surface area contributed by atoms with Crippen LogP contribution in [0.15, 0.2) is 58.3 Å². The van der Waals surface area contributed by atoms with E-state index in [9.17, 15) is 13.2 Å². The van der Waals surface area contributed by atoms with Crippen LogP contribution < -0.4 is 15.8 Å². The average molecular weight is 334 g/mol. The molecule has 0 saturated heterocycles. The van der Waals surface area contributed by atoms with Gasteiger partial charge in [0.2, 0.25) is 15.7 Å². The van der Waals surface area contributed by atoms with Gasteiger partial charge in [0.05, 0.1) is 22.9 Å². The van der Waals surface area contributed by atoms with Gasteiger partial charge in [-0.3, -0.25) is 4.79 Å². The lowest BCUT2D eigenvalue weighted by atomic mass is 10.3. The second kappa shape index (κ2) is 6.80. The van der Waals surface area contributed by atoms with Crippen LogP contribution in [0.25, 0.3) is 0 Å². The lowest BCUT2D eigenvalue weighted by molar-refractivity contribution is -0.117. The van der Waals surface area contributed by atoms with Gasteiger partial charge in [-0.25, -0.2) is 8.42 Å². The second-order valence-corrected chi connectivity index (χ2v) is 6.93. The number of rotatable bonds is 5.